The lowest BCUT2D eigenvalue weighted by atomic mass is 9.84. The molecular weight excluding hydrogens is 210 g/mol. The van der Waals surface area contributed by atoms with Crippen molar-refractivity contribution in [2.24, 2.45) is 5.92 Å². The molecule has 1 fully saturated rings. The molecule has 0 radical (unpaired) electrons. The van der Waals surface area contributed by atoms with E-state index in [9.17, 15) is 5.11 Å². The van der Waals surface area contributed by atoms with Crippen molar-refractivity contribution in [1.82, 2.24) is 0 Å². The Balaban J connectivity index is 1.80. The summed E-state index contributed by atoms with van der Waals surface area (Å²) in [6.07, 6.45) is 5.21. The number of hydrogen-bond donors (Lipinski definition) is 2. The Labute approximate surface area is 103 Å². The van der Waals surface area contributed by atoms with Crippen LogP contribution in [0, 0.1) is 5.92 Å². The molecule has 1 aliphatic carbocycles. The molecule has 1 aromatic rings. The van der Waals surface area contributed by atoms with Gasteiger partial charge in [0.15, 0.2) is 0 Å². The van der Waals surface area contributed by atoms with E-state index in [2.05, 4.69) is 36.5 Å². The van der Waals surface area contributed by atoms with E-state index in [-0.39, 0.29) is 6.04 Å². The molecule has 3 atom stereocenters. The zero-order chi connectivity index (χ0) is 11.9. The predicted octanol–water partition coefficient (Wildman–Crippen LogP) is 2.96. The lowest BCUT2D eigenvalue weighted by molar-refractivity contribution is 0.0210. The van der Waals surface area contributed by atoms with Gasteiger partial charge < -0.3 is 10.4 Å². The van der Waals surface area contributed by atoms with Crippen molar-refractivity contribution in [3.05, 3.63) is 29.8 Å². The highest BCUT2D eigenvalue weighted by molar-refractivity contribution is 5.54. The second kappa shape index (κ2) is 4.02. The second-order valence-electron chi connectivity index (χ2n) is 5.84. The average molecular weight is 231 g/mol. The van der Waals surface area contributed by atoms with Crippen LogP contribution in [-0.2, 0) is 6.42 Å². The van der Waals surface area contributed by atoms with Gasteiger partial charge >= 0.3 is 0 Å². The van der Waals surface area contributed by atoms with E-state index < -0.39 is 5.60 Å². The Hall–Kier alpha value is -1.02. The number of hydrogen-bond acceptors (Lipinski definition) is 2. The van der Waals surface area contributed by atoms with E-state index in [0.717, 1.165) is 32.1 Å². The number of anilines is 1. The first-order valence-corrected chi connectivity index (χ1v) is 6.74. The first kappa shape index (κ1) is 11.1. The fourth-order valence-corrected chi connectivity index (χ4v) is 3.46. The van der Waals surface area contributed by atoms with E-state index in [0.29, 0.717) is 5.92 Å². The van der Waals surface area contributed by atoms with Crippen LogP contribution in [0.15, 0.2) is 24.3 Å². The lowest BCUT2D eigenvalue weighted by Gasteiger charge is -2.37. The molecule has 1 aliphatic heterocycles. The molecule has 0 spiro atoms. The Kier molecular flexibility index (Phi) is 2.62. The highest BCUT2D eigenvalue weighted by atomic mass is 16.3. The summed E-state index contributed by atoms with van der Waals surface area (Å²) >= 11 is 0. The molecule has 0 bridgehead atoms. The summed E-state index contributed by atoms with van der Waals surface area (Å²) in [6, 6.07) is 8.70. The summed E-state index contributed by atoms with van der Waals surface area (Å²) < 4.78 is 0. The fraction of sp³-hybridized carbons (Fsp3) is 0.600. The number of rotatable bonds is 1. The summed E-state index contributed by atoms with van der Waals surface area (Å²) in [5.74, 6) is 0.666. The van der Waals surface area contributed by atoms with Crippen molar-refractivity contribution in [3.8, 4) is 0 Å². The van der Waals surface area contributed by atoms with Crippen LogP contribution >= 0.6 is 0 Å². The largest absolute Gasteiger partial charge is 0.388 e. The summed E-state index contributed by atoms with van der Waals surface area (Å²) in [5, 5.41) is 14.3. The zero-order valence-electron chi connectivity index (χ0n) is 10.4. The zero-order valence-corrected chi connectivity index (χ0v) is 10.4. The third-order valence-electron chi connectivity index (χ3n) is 4.47. The van der Waals surface area contributed by atoms with Gasteiger partial charge in [0.1, 0.15) is 0 Å². The van der Waals surface area contributed by atoms with Gasteiger partial charge in [-0.25, -0.2) is 0 Å². The summed E-state index contributed by atoms with van der Waals surface area (Å²) in [7, 11) is 0. The first-order chi connectivity index (χ1) is 8.17. The Morgan fingerprint density at radius 2 is 2.12 bits per heavy atom. The molecule has 1 aromatic carbocycles. The fourth-order valence-electron chi connectivity index (χ4n) is 3.46. The molecule has 0 saturated heterocycles. The minimum absolute atomic E-state index is 0.238. The molecule has 0 amide bonds. The first-order valence-electron chi connectivity index (χ1n) is 6.74. The maximum absolute atomic E-state index is 10.7. The monoisotopic (exact) mass is 231 g/mol. The average Bonchev–Trinajstić information content (AvgIpc) is 2.70. The normalized spacial score (nSPS) is 36.4. The van der Waals surface area contributed by atoms with Gasteiger partial charge in [0.25, 0.3) is 0 Å². The highest BCUT2D eigenvalue weighted by Gasteiger charge is 2.43. The standard InChI is InChI=1S/C15H21NO/c1-11-8-9-15(17,10-11)14-7-6-12-4-2-3-5-13(12)16-14/h2-5,11,14,16-17H,6-10H2,1H3. The number of aliphatic hydroxyl groups is 1. The molecule has 3 rings (SSSR count). The van der Waals surface area contributed by atoms with Crippen LogP contribution in [0.2, 0.25) is 0 Å². The van der Waals surface area contributed by atoms with Gasteiger partial charge in [-0.15, -0.1) is 0 Å². The van der Waals surface area contributed by atoms with Crippen molar-refractivity contribution in [2.75, 3.05) is 5.32 Å². The van der Waals surface area contributed by atoms with Crippen molar-refractivity contribution >= 4 is 5.69 Å². The minimum atomic E-state index is -0.479. The molecule has 0 aromatic heterocycles. The van der Waals surface area contributed by atoms with Gasteiger partial charge in [-0.1, -0.05) is 25.1 Å². The van der Waals surface area contributed by atoms with Crippen LogP contribution in [0.4, 0.5) is 5.69 Å². The third kappa shape index (κ3) is 1.95. The molecule has 2 nitrogen and oxygen atoms in total. The molecule has 92 valence electrons. The lowest BCUT2D eigenvalue weighted by Crippen LogP contribution is -2.47. The van der Waals surface area contributed by atoms with Crippen molar-refractivity contribution in [3.63, 3.8) is 0 Å². The molecule has 2 heteroatoms. The molecule has 1 saturated carbocycles. The third-order valence-corrected chi connectivity index (χ3v) is 4.47. The second-order valence-corrected chi connectivity index (χ2v) is 5.84. The van der Waals surface area contributed by atoms with Gasteiger partial charge in [-0.2, -0.15) is 0 Å². The molecule has 3 unspecified atom stereocenters. The van der Waals surface area contributed by atoms with Crippen molar-refractivity contribution < 1.29 is 5.11 Å². The van der Waals surface area contributed by atoms with E-state index >= 15 is 0 Å². The van der Waals surface area contributed by atoms with Crippen LogP contribution in [0.5, 0.6) is 0 Å². The van der Waals surface area contributed by atoms with E-state index in [4.69, 9.17) is 0 Å². The van der Waals surface area contributed by atoms with Crippen LogP contribution in [0.1, 0.15) is 38.2 Å². The number of aryl methyl sites for hydroxylation is 1. The molecule has 2 aliphatic rings. The summed E-state index contributed by atoms with van der Waals surface area (Å²) in [6.45, 7) is 2.24. The van der Waals surface area contributed by atoms with E-state index in [1.54, 1.807) is 0 Å². The highest BCUT2D eigenvalue weighted by Crippen LogP contribution is 2.40. The van der Waals surface area contributed by atoms with Gasteiger partial charge in [-0.3, -0.25) is 0 Å². The Morgan fingerprint density at radius 1 is 1.29 bits per heavy atom. The van der Waals surface area contributed by atoms with Gasteiger partial charge in [0.2, 0.25) is 0 Å². The van der Waals surface area contributed by atoms with Gasteiger partial charge in [0, 0.05) is 5.69 Å². The smallest absolute Gasteiger partial charge is 0.0850 e. The maximum atomic E-state index is 10.7. The van der Waals surface area contributed by atoms with E-state index in [1.165, 1.54) is 11.3 Å². The van der Waals surface area contributed by atoms with Gasteiger partial charge in [-0.05, 0) is 49.7 Å². The van der Waals surface area contributed by atoms with E-state index in [1.807, 2.05) is 0 Å². The van der Waals surface area contributed by atoms with Crippen LogP contribution in [0.25, 0.3) is 0 Å². The van der Waals surface area contributed by atoms with Crippen molar-refractivity contribution in [2.45, 2.75) is 50.7 Å². The number of nitrogens with one attached hydrogen (secondary N) is 1. The molecular formula is C15H21NO. The number of para-hydroxylation sites is 1. The predicted molar refractivity (Wildman–Crippen MR) is 70.1 cm³/mol. The molecule has 17 heavy (non-hydrogen) atoms. The van der Waals surface area contributed by atoms with Crippen LogP contribution in [-0.4, -0.2) is 16.7 Å². The molecule has 1 heterocycles. The summed E-state index contributed by atoms with van der Waals surface area (Å²) in [5.41, 5.74) is 2.13. The maximum Gasteiger partial charge on any atom is 0.0850 e. The Bertz CT molecular complexity index is 417. The van der Waals surface area contributed by atoms with Crippen molar-refractivity contribution in [1.29, 1.82) is 0 Å². The number of fused-ring (bicyclic) bond motifs is 1. The summed E-state index contributed by atoms with van der Waals surface area (Å²) in [4.78, 5) is 0. The van der Waals surface area contributed by atoms with Gasteiger partial charge in [0.05, 0.1) is 11.6 Å². The molecule has 2 N–H and O–H groups in total. The van der Waals surface area contributed by atoms with Crippen LogP contribution in [0.3, 0.4) is 0 Å². The number of benzene rings is 1. The topological polar surface area (TPSA) is 32.3 Å². The quantitative estimate of drug-likeness (QED) is 0.779. The SMILES string of the molecule is CC1CCC(O)(C2CCc3ccccc3N2)C1. The Morgan fingerprint density at radius 3 is 2.88 bits per heavy atom. The van der Waals surface area contributed by atoms with Crippen LogP contribution < -0.4 is 5.32 Å². The minimum Gasteiger partial charge on any atom is -0.388 e.